The van der Waals surface area contributed by atoms with Crippen molar-refractivity contribution in [3.05, 3.63) is 57.5 Å². The summed E-state index contributed by atoms with van der Waals surface area (Å²) in [4.78, 5) is 53.7. The van der Waals surface area contributed by atoms with Crippen LogP contribution in [-0.2, 0) is 33.5 Å². The third-order valence-corrected chi connectivity index (χ3v) is 4.71. The maximum atomic E-state index is 13.1. The lowest BCUT2D eigenvalue weighted by Gasteiger charge is -2.27. The van der Waals surface area contributed by atoms with Gasteiger partial charge in [0.25, 0.3) is 11.5 Å². The number of hydrogen-bond acceptors (Lipinski definition) is 8. The predicted molar refractivity (Wildman–Crippen MR) is 123 cm³/mol. The Hall–Kier alpha value is -4.29. The van der Waals surface area contributed by atoms with Crippen molar-refractivity contribution in [2.45, 2.75) is 39.8 Å². The molecule has 1 heterocycles. The minimum Gasteiger partial charge on any atom is -0.501 e. The summed E-state index contributed by atoms with van der Waals surface area (Å²) < 4.78 is 19.1. The molecule has 12 nitrogen and oxygen atoms in total. The number of aromatic nitrogens is 2. The Morgan fingerprint density at radius 1 is 1.20 bits per heavy atom. The van der Waals surface area contributed by atoms with Crippen molar-refractivity contribution >= 4 is 23.6 Å². The number of aromatic hydroxyl groups is 1. The summed E-state index contributed by atoms with van der Waals surface area (Å²) >= 11 is 0. The molecule has 2 rings (SSSR count). The molecule has 13 heteroatoms. The van der Waals surface area contributed by atoms with Gasteiger partial charge in [-0.1, -0.05) is 12.1 Å². The first-order valence-electron chi connectivity index (χ1n) is 10.5. The van der Waals surface area contributed by atoms with E-state index in [9.17, 15) is 28.7 Å². The van der Waals surface area contributed by atoms with Crippen LogP contribution >= 0.6 is 0 Å². The van der Waals surface area contributed by atoms with E-state index in [0.29, 0.717) is 12.2 Å². The largest absolute Gasteiger partial charge is 0.501 e. The van der Waals surface area contributed by atoms with Gasteiger partial charge in [0.1, 0.15) is 11.6 Å². The second-order valence-electron chi connectivity index (χ2n) is 7.89. The van der Waals surface area contributed by atoms with Crippen molar-refractivity contribution in [1.82, 2.24) is 25.6 Å². The number of benzene rings is 1. The van der Waals surface area contributed by atoms with Crippen LogP contribution in [0.5, 0.6) is 5.75 Å². The molecule has 2 aromatic rings. The summed E-state index contributed by atoms with van der Waals surface area (Å²) in [5.74, 6) is -4.36. The van der Waals surface area contributed by atoms with E-state index in [1.54, 1.807) is 6.92 Å². The molecule has 188 valence electrons. The molecular formula is C22H27FN6O6. The Kier molecular flexibility index (Phi) is 8.65. The topological polar surface area (TPSA) is 164 Å². The number of hydrazone groups is 1. The van der Waals surface area contributed by atoms with Gasteiger partial charge in [-0.15, -0.1) is 5.10 Å². The molecule has 0 saturated heterocycles. The molecule has 0 bridgehead atoms. The second kappa shape index (κ2) is 11.2. The SMILES string of the molecule is CCOC(C)=NNC(=O)C(=O)NC(C)(C)c1nc(C(=O)NCc2ccc(F)cc2)c(O)c(=O)n1C. The molecule has 0 aliphatic heterocycles. The average molecular weight is 490 g/mol. The van der Waals surface area contributed by atoms with E-state index < -0.39 is 46.1 Å². The summed E-state index contributed by atoms with van der Waals surface area (Å²) in [5, 5.41) is 18.7. The molecule has 0 spiro atoms. The summed E-state index contributed by atoms with van der Waals surface area (Å²) in [7, 11) is 1.29. The van der Waals surface area contributed by atoms with Gasteiger partial charge in [0, 0.05) is 20.5 Å². The van der Waals surface area contributed by atoms with Crippen molar-refractivity contribution in [3.8, 4) is 5.75 Å². The maximum absolute atomic E-state index is 13.1. The van der Waals surface area contributed by atoms with Crippen LogP contribution in [0.25, 0.3) is 0 Å². The lowest BCUT2D eigenvalue weighted by atomic mass is 10.0. The van der Waals surface area contributed by atoms with Gasteiger partial charge in [-0.2, -0.15) is 0 Å². The third-order valence-electron chi connectivity index (χ3n) is 4.71. The molecule has 1 aromatic carbocycles. The molecule has 4 N–H and O–H groups in total. The highest BCUT2D eigenvalue weighted by Gasteiger charge is 2.32. The molecule has 1 aromatic heterocycles. The number of hydrogen-bond donors (Lipinski definition) is 4. The van der Waals surface area contributed by atoms with E-state index in [2.05, 4.69) is 20.7 Å². The number of rotatable bonds is 7. The third kappa shape index (κ3) is 6.85. The zero-order valence-electron chi connectivity index (χ0n) is 19.9. The van der Waals surface area contributed by atoms with Gasteiger partial charge in [0.05, 0.1) is 12.1 Å². The Labute approximate surface area is 200 Å². The number of nitrogens with one attached hydrogen (secondary N) is 3. The van der Waals surface area contributed by atoms with E-state index >= 15 is 0 Å². The minimum absolute atomic E-state index is 0.0211. The molecule has 0 unspecified atom stereocenters. The molecule has 0 aliphatic rings. The fourth-order valence-electron chi connectivity index (χ4n) is 2.99. The smallest absolute Gasteiger partial charge is 0.329 e. The highest BCUT2D eigenvalue weighted by Crippen LogP contribution is 2.20. The van der Waals surface area contributed by atoms with Crippen LogP contribution in [-0.4, -0.2) is 44.9 Å². The summed E-state index contributed by atoms with van der Waals surface area (Å²) in [6, 6.07) is 5.36. The summed E-state index contributed by atoms with van der Waals surface area (Å²) in [5.41, 5.74) is -0.334. The van der Waals surface area contributed by atoms with Crippen LogP contribution in [0.3, 0.4) is 0 Å². The van der Waals surface area contributed by atoms with Gasteiger partial charge in [0.15, 0.2) is 5.69 Å². The van der Waals surface area contributed by atoms with Crippen LogP contribution < -0.4 is 21.6 Å². The van der Waals surface area contributed by atoms with Crippen LogP contribution in [0.1, 0.15) is 49.6 Å². The van der Waals surface area contributed by atoms with Crippen LogP contribution in [0.15, 0.2) is 34.2 Å². The first-order valence-corrected chi connectivity index (χ1v) is 10.5. The van der Waals surface area contributed by atoms with Gasteiger partial charge >= 0.3 is 11.8 Å². The lowest BCUT2D eigenvalue weighted by molar-refractivity contribution is -0.140. The lowest BCUT2D eigenvalue weighted by Crippen LogP contribution is -2.50. The Morgan fingerprint density at radius 3 is 2.43 bits per heavy atom. The van der Waals surface area contributed by atoms with E-state index in [0.717, 1.165) is 4.57 Å². The fourth-order valence-corrected chi connectivity index (χ4v) is 2.99. The van der Waals surface area contributed by atoms with E-state index in [-0.39, 0.29) is 18.3 Å². The number of halogens is 1. The molecule has 35 heavy (non-hydrogen) atoms. The van der Waals surface area contributed by atoms with E-state index in [1.165, 1.54) is 52.1 Å². The summed E-state index contributed by atoms with van der Waals surface area (Å²) in [6.07, 6.45) is 0. The number of nitrogens with zero attached hydrogens (tertiary/aromatic N) is 3. The number of carbonyl (C=O) groups is 3. The van der Waals surface area contributed by atoms with Crippen molar-refractivity contribution in [2.75, 3.05) is 6.61 Å². The van der Waals surface area contributed by atoms with Gasteiger partial charge in [-0.25, -0.2) is 14.8 Å². The molecule has 0 radical (unpaired) electrons. The van der Waals surface area contributed by atoms with Crippen LogP contribution in [0, 0.1) is 5.82 Å². The Morgan fingerprint density at radius 2 is 1.83 bits per heavy atom. The monoisotopic (exact) mass is 490 g/mol. The molecular weight excluding hydrogens is 463 g/mol. The summed E-state index contributed by atoms with van der Waals surface area (Å²) in [6.45, 7) is 6.42. The normalized spacial score (nSPS) is 11.5. The first kappa shape index (κ1) is 27.0. The van der Waals surface area contributed by atoms with Crippen molar-refractivity contribution in [2.24, 2.45) is 12.1 Å². The second-order valence-corrected chi connectivity index (χ2v) is 7.89. The van der Waals surface area contributed by atoms with Crippen LogP contribution in [0.2, 0.25) is 0 Å². The highest BCUT2D eigenvalue weighted by molar-refractivity contribution is 6.35. The van der Waals surface area contributed by atoms with Crippen LogP contribution in [0.4, 0.5) is 4.39 Å². The number of amides is 3. The van der Waals surface area contributed by atoms with E-state index in [1.807, 2.05) is 5.43 Å². The zero-order chi connectivity index (χ0) is 26.3. The predicted octanol–water partition coefficient (Wildman–Crippen LogP) is 0.392. The van der Waals surface area contributed by atoms with Gasteiger partial charge < -0.3 is 20.5 Å². The van der Waals surface area contributed by atoms with Crippen molar-refractivity contribution in [1.29, 1.82) is 0 Å². The maximum Gasteiger partial charge on any atom is 0.329 e. The molecule has 0 aliphatic carbocycles. The quantitative estimate of drug-likeness (QED) is 0.189. The molecule has 0 atom stereocenters. The standard InChI is InChI=1S/C22H27FN6O6/c1-6-35-12(2)27-28-19(33)18(32)26-22(3,4)21-25-15(16(30)20(34)29(21)5)17(31)24-11-13-7-9-14(23)10-8-13/h7-10,30H,6,11H2,1-5H3,(H,24,31)(H,26,32)(H,28,33). The highest BCUT2D eigenvalue weighted by atomic mass is 19.1. The average Bonchev–Trinajstić information content (AvgIpc) is 2.80. The Balaban J connectivity index is 2.25. The van der Waals surface area contributed by atoms with Gasteiger partial charge in [0.2, 0.25) is 11.6 Å². The first-order chi connectivity index (χ1) is 16.4. The number of ether oxygens (including phenoxy) is 1. The number of carbonyl (C=O) groups excluding carboxylic acids is 3. The Bertz CT molecular complexity index is 1210. The fraction of sp³-hybridized carbons (Fsp3) is 0.364. The van der Waals surface area contributed by atoms with Crippen molar-refractivity contribution < 1.29 is 28.6 Å². The van der Waals surface area contributed by atoms with Crippen molar-refractivity contribution in [3.63, 3.8) is 0 Å². The molecule has 0 saturated carbocycles. The minimum atomic E-state index is -1.43. The molecule has 0 fully saturated rings. The van der Waals surface area contributed by atoms with Gasteiger partial charge in [-0.05, 0) is 38.5 Å². The van der Waals surface area contributed by atoms with E-state index in [4.69, 9.17) is 4.74 Å². The van der Waals surface area contributed by atoms with Gasteiger partial charge in [-0.3, -0.25) is 23.7 Å². The molecule has 3 amide bonds. The zero-order valence-corrected chi connectivity index (χ0v) is 19.9.